The lowest BCUT2D eigenvalue weighted by Gasteiger charge is -2.29. The van der Waals surface area contributed by atoms with Crippen LogP contribution >= 0.6 is 0 Å². The summed E-state index contributed by atoms with van der Waals surface area (Å²) in [5.74, 6) is -0.858. The molecule has 9 nitrogen and oxygen atoms in total. The number of imidazole rings is 1. The summed E-state index contributed by atoms with van der Waals surface area (Å²) >= 11 is 0. The van der Waals surface area contributed by atoms with Crippen molar-refractivity contribution in [1.29, 1.82) is 0 Å². The molecule has 0 bridgehead atoms. The monoisotopic (exact) mass is 518 g/mol. The van der Waals surface area contributed by atoms with Crippen molar-refractivity contribution in [3.05, 3.63) is 71.2 Å². The Morgan fingerprint density at radius 3 is 2.74 bits per heavy atom. The average Bonchev–Trinajstić information content (AvgIpc) is 3.40. The topological polar surface area (TPSA) is 96.6 Å². The molecule has 1 N–H and O–H groups in total. The first-order chi connectivity index (χ1) is 18.5. The number of amides is 1. The number of likely N-dealkylation sites (tertiary alicyclic amines) is 1. The molecule has 2 saturated heterocycles. The molecule has 9 heteroatoms. The first kappa shape index (κ1) is 25.9. The zero-order chi connectivity index (χ0) is 26.6. The van der Waals surface area contributed by atoms with E-state index in [1.165, 1.54) is 0 Å². The molecule has 3 aromatic rings. The number of nitrogens with zero attached hydrogens (tertiary/aromatic N) is 4. The number of aryl methyl sites for hydroxylation is 1. The molecule has 2 aliphatic heterocycles. The molecule has 0 radical (unpaired) electrons. The number of Topliss-reactive ketones (excluding diaryl/α,β-unsaturated/α-hetero) is 1. The molecule has 38 heavy (non-hydrogen) atoms. The van der Waals surface area contributed by atoms with Crippen molar-refractivity contribution >= 4 is 23.1 Å². The molecule has 0 saturated carbocycles. The second-order valence-electron chi connectivity index (χ2n) is 9.70. The van der Waals surface area contributed by atoms with Crippen LogP contribution in [0.4, 0.5) is 0 Å². The van der Waals surface area contributed by atoms with Gasteiger partial charge >= 0.3 is 0 Å². The smallest absolute Gasteiger partial charge is 0.295 e. The van der Waals surface area contributed by atoms with Crippen molar-refractivity contribution in [2.24, 2.45) is 0 Å². The van der Waals surface area contributed by atoms with E-state index in [1.54, 1.807) is 22.4 Å². The lowest BCUT2D eigenvalue weighted by molar-refractivity contribution is -0.140. The molecule has 1 unspecified atom stereocenters. The van der Waals surface area contributed by atoms with Gasteiger partial charge in [0.15, 0.2) is 5.76 Å². The SMILES string of the molecule is CCCOc1cccc(C2/C(=C(\O)c3c(C)nc4ccccn34)C(=O)C(=O)N2CCCN2CCOCC2)c1. The van der Waals surface area contributed by atoms with Gasteiger partial charge in [-0.15, -0.1) is 0 Å². The van der Waals surface area contributed by atoms with Crippen molar-refractivity contribution in [3.8, 4) is 5.75 Å². The van der Waals surface area contributed by atoms with Crippen molar-refractivity contribution in [1.82, 2.24) is 19.2 Å². The van der Waals surface area contributed by atoms with E-state index in [9.17, 15) is 14.7 Å². The lowest BCUT2D eigenvalue weighted by Crippen LogP contribution is -2.38. The normalized spacial score (nSPS) is 19.9. The second-order valence-corrected chi connectivity index (χ2v) is 9.70. The van der Waals surface area contributed by atoms with Gasteiger partial charge in [0, 0.05) is 32.4 Å². The van der Waals surface area contributed by atoms with Gasteiger partial charge in [-0.25, -0.2) is 4.98 Å². The third-order valence-corrected chi connectivity index (χ3v) is 7.09. The van der Waals surface area contributed by atoms with Crippen molar-refractivity contribution in [2.45, 2.75) is 32.7 Å². The summed E-state index contributed by atoms with van der Waals surface area (Å²) in [4.78, 5) is 35.3. The highest BCUT2D eigenvalue weighted by Gasteiger charge is 2.46. The molecule has 0 aliphatic carbocycles. The molecule has 2 fully saturated rings. The lowest BCUT2D eigenvalue weighted by atomic mass is 9.96. The Balaban J connectivity index is 1.55. The van der Waals surface area contributed by atoms with Gasteiger partial charge in [-0.1, -0.05) is 25.1 Å². The van der Waals surface area contributed by atoms with Crippen molar-refractivity contribution in [2.75, 3.05) is 46.0 Å². The number of hydrogen-bond acceptors (Lipinski definition) is 7. The van der Waals surface area contributed by atoms with Gasteiger partial charge in [-0.2, -0.15) is 0 Å². The van der Waals surface area contributed by atoms with Crippen LogP contribution in [0, 0.1) is 6.92 Å². The van der Waals surface area contributed by atoms with Gasteiger partial charge in [-0.05, 0) is 49.6 Å². The van der Waals surface area contributed by atoms with Crippen LogP contribution in [-0.2, 0) is 14.3 Å². The fraction of sp³-hybridized carbons (Fsp3) is 0.414. The van der Waals surface area contributed by atoms with E-state index in [2.05, 4.69) is 9.88 Å². The standard InChI is InChI=1S/C29H34N4O5/c1-3-16-38-22-9-6-8-21(19-22)26-24(27(34)25-20(2)30-23-10-4-5-12-32(23)25)28(35)29(36)33(26)13-7-11-31-14-17-37-18-15-31/h4-6,8-10,12,19,26,34H,3,7,11,13-18H2,1-2H3/b27-24+. The number of aromatic nitrogens is 2. The second kappa shape index (κ2) is 11.4. The van der Waals surface area contributed by atoms with E-state index in [1.807, 2.05) is 49.4 Å². The predicted octanol–water partition coefficient (Wildman–Crippen LogP) is 3.58. The van der Waals surface area contributed by atoms with Crippen LogP contribution in [0.25, 0.3) is 11.4 Å². The van der Waals surface area contributed by atoms with Gasteiger partial charge < -0.3 is 19.5 Å². The number of ketones is 1. The quantitative estimate of drug-likeness (QED) is 0.263. The zero-order valence-corrected chi connectivity index (χ0v) is 21.9. The summed E-state index contributed by atoms with van der Waals surface area (Å²) in [5, 5.41) is 11.6. The van der Waals surface area contributed by atoms with E-state index in [-0.39, 0.29) is 11.3 Å². The van der Waals surface area contributed by atoms with Crippen LogP contribution < -0.4 is 4.74 Å². The highest BCUT2D eigenvalue weighted by atomic mass is 16.5. The van der Waals surface area contributed by atoms with Gasteiger partial charge in [-0.3, -0.25) is 18.9 Å². The number of pyridine rings is 1. The van der Waals surface area contributed by atoms with Gasteiger partial charge in [0.25, 0.3) is 11.7 Å². The van der Waals surface area contributed by atoms with Crippen LogP contribution in [-0.4, -0.2) is 82.0 Å². The summed E-state index contributed by atoms with van der Waals surface area (Å²) in [5.41, 5.74) is 2.43. The molecular formula is C29H34N4O5. The number of benzene rings is 1. The summed E-state index contributed by atoms with van der Waals surface area (Å²) in [6, 6.07) is 12.2. The van der Waals surface area contributed by atoms with E-state index < -0.39 is 17.7 Å². The molecule has 1 amide bonds. The van der Waals surface area contributed by atoms with Crippen LogP contribution in [0.1, 0.15) is 42.8 Å². The first-order valence-electron chi connectivity index (χ1n) is 13.2. The summed E-state index contributed by atoms with van der Waals surface area (Å²) in [7, 11) is 0. The number of ether oxygens (including phenoxy) is 2. The molecule has 0 spiro atoms. The third-order valence-electron chi connectivity index (χ3n) is 7.09. The first-order valence-corrected chi connectivity index (χ1v) is 13.2. The van der Waals surface area contributed by atoms with Crippen LogP contribution in [0.15, 0.2) is 54.2 Å². The number of hydrogen-bond donors (Lipinski definition) is 1. The summed E-state index contributed by atoms with van der Waals surface area (Å²) in [6.07, 6.45) is 3.35. The Morgan fingerprint density at radius 2 is 1.95 bits per heavy atom. The number of rotatable bonds is 9. The molecular weight excluding hydrogens is 484 g/mol. The van der Waals surface area contributed by atoms with Crippen LogP contribution in [0.3, 0.4) is 0 Å². The number of aliphatic hydroxyl groups is 1. The van der Waals surface area contributed by atoms with Gasteiger partial charge in [0.05, 0.1) is 37.1 Å². The zero-order valence-electron chi connectivity index (χ0n) is 21.9. The minimum absolute atomic E-state index is 0.0720. The molecule has 5 rings (SSSR count). The number of morpholine rings is 1. The molecule has 2 aliphatic rings. The van der Waals surface area contributed by atoms with E-state index in [4.69, 9.17) is 9.47 Å². The maximum absolute atomic E-state index is 13.5. The third kappa shape index (κ3) is 5.04. The number of aliphatic hydroxyl groups excluding tert-OH is 1. The molecule has 4 heterocycles. The van der Waals surface area contributed by atoms with Gasteiger partial charge in [0.1, 0.15) is 17.1 Å². The number of carbonyl (C=O) groups excluding carboxylic acids is 2. The highest BCUT2D eigenvalue weighted by Crippen LogP contribution is 2.41. The molecule has 1 atom stereocenters. The summed E-state index contributed by atoms with van der Waals surface area (Å²) < 4.78 is 13.0. The molecule has 200 valence electrons. The Morgan fingerprint density at radius 1 is 1.13 bits per heavy atom. The minimum Gasteiger partial charge on any atom is -0.505 e. The van der Waals surface area contributed by atoms with E-state index >= 15 is 0 Å². The largest absolute Gasteiger partial charge is 0.505 e. The fourth-order valence-electron chi connectivity index (χ4n) is 5.27. The maximum Gasteiger partial charge on any atom is 0.295 e. The fourth-order valence-corrected chi connectivity index (χ4v) is 5.27. The number of carbonyl (C=O) groups is 2. The summed E-state index contributed by atoms with van der Waals surface area (Å²) in [6.45, 7) is 8.67. The maximum atomic E-state index is 13.5. The van der Waals surface area contributed by atoms with E-state index in [0.717, 1.165) is 31.6 Å². The molecule has 1 aromatic carbocycles. The minimum atomic E-state index is -0.737. The van der Waals surface area contributed by atoms with Crippen LogP contribution in [0.2, 0.25) is 0 Å². The molecule has 2 aromatic heterocycles. The Labute approximate surface area is 222 Å². The Bertz CT molecular complexity index is 1360. The Kier molecular flexibility index (Phi) is 7.76. The number of fused-ring (bicyclic) bond motifs is 1. The van der Waals surface area contributed by atoms with E-state index in [0.29, 0.717) is 55.6 Å². The van der Waals surface area contributed by atoms with Crippen molar-refractivity contribution in [3.63, 3.8) is 0 Å². The predicted molar refractivity (Wildman–Crippen MR) is 143 cm³/mol. The van der Waals surface area contributed by atoms with Crippen molar-refractivity contribution < 1.29 is 24.2 Å². The highest BCUT2D eigenvalue weighted by molar-refractivity contribution is 6.46. The Hall–Kier alpha value is -3.69. The van der Waals surface area contributed by atoms with Gasteiger partial charge in [0.2, 0.25) is 0 Å². The van der Waals surface area contributed by atoms with Crippen LogP contribution in [0.5, 0.6) is 5.75 Å². The average molecular weight is 519 g/mol.